The van der Waals surface area contributed by atoms with E-state index in [1.807, 2.05) is 19.2 Å². The van der Waals surface area contributed by atoms with Crippen LogP contribution in [0.5, 0.6) is 0 Å². The molecule has 0 N–H and O–H groups in total. The highest BCUT2D eigenvalue weighted by Crippen LogP contribution is 2.39. The van der Waals surface area contributed by atoms with Crippen LogP contribution in [0.2, 0.25) is 10.0 Å². The first-order chi connectivity index (χ1) is 11.2. The fraction of sp³-hybridized carbons (Fsp3) is 0.294. The highest BCUT2D eigenvalue weighted by molar-refractivity contribution is 8.13. The van der Waals surface area contributed by atoms with Crippen molar-refractivity contribution >= 4 is 42.9 Å². The Balaban J connectivity index is 2.18. The number of hydrogen-bond donors (Lipinski definition) is 0. The molecule has 3 rings (SSSR count). The lowest BCUT2D eigenvalue weighted by Gasteiger charge is -2.33. The van der Waals surface area contributed by atoms with Crippen molar-refractivity contribution in [2.45, 2.75) is 24.3 Å². The van der Waals surface area contributed by atoms with E-state index in [4.69, 9.17) is 33.9 Å². The topological polar surface area (TPSA) is 37.4 Å². The molecule has 0 spiro atoms. The molecular weight excluding hydrogens is 389 g/mol. The van der Waals surface area contributed by atoms with E-state index < -0.39 is 9.05 Å². The van der Waals surface area contributed by atoms with E-state index in [1.165, 1.54) is 0 Å². The summed E-state index contributed by atoms with van der Waals surface area (Å²) < 4.78 is 23.6. The van der Waals surface area contributed by atoms with Crippen molar-refractivity contribution in [1.29, 1.82) is 0 Å². The second-order valence-corrected chi connectivity index (χ2v) is 9.55. The first-order valence-corrected chi connectivity index (χ1v) is 10.4. The summed E-state index contributed by atoms with van der Waals surface area (Å²) in [7, 11) is 3.79. The van der Waals surface area contributed by atoms with Crippen LogP contribution in [0.15, 0.2) is 35.2 Å². The second-order valence-electron chi connectivity index (χ2n) is 6.17. The van der Waals surface area contributed by atoms with E-state index in [0.717, 1.165) is 29.8 Å². The van der Waals surface area contributed by atoms with Crippen molar-refractivity contribution in [3.63, 3.8) is 0 Å². The van der Waals surface area contributed by atoms with Gasteiger partial charge >= 0.3 is 0 Å². The van der Waals surface area contributed by atoms with Crippen LogP contribution >= 0.6 is 33.9 Å². The van der Waals surface area contributed by atoms with Gasteiger partial charge in [0.05, 0.1) is 4.90 Å². The van der Waals surface area contributed by atoms with Crippen molar-refractivity contribution in [1.82, 2.24) is 4.90 Å². The van der Waals surface area contributed by atoms with Gasteiger partial charge in [-0.25, -0.2) is 8.42 Å². The van der Waals surface area contributed by atoms with E-state index in [1.54, 1.807) is 25.1 Å². The van der Waals surface area contributed by atoms with Gasteiger partial charge in [0.25, 0.3) is 9.05 Å². The molecule has 0 amide bonds. The maximum atomic E-state index is 11.8. The van der Waals surface area contributed by atoms with Gasteiger partial charge in [0.2, 0.25) is 0 Å². The van der Waals surface area contributed by atoms with Crippen molar-refractivity contribution < 1.29 is 8.42 Å². The number of fused-ring (bicyclic) bond motifs is 1. The molecule has 1 aliphatic rings. The predicted octanol–water partition coefficient (Wildman–Crippen LogP) is 4.81. The van der Waals surface area contributed by atoms with Crippen molar-refractivity contribution in [2.75, 3.05) is 13.6 Å². The monoisotopic (exact) mass is 403 g/mol. The molecule has 2 aromatic carbocycles. The Morgan fingerprint density at radius 2 is 1.88 bits per heavy atom. The van der Waals surface area contributed by atoms with Crippen LogP contribution in [0.25, 0.3) is 0 Å². The lowest BCUT2D eigenvalue weighted by molar-refractivity contribution is 0.295. The highest BCUT2D eigenvalue weighted by atomic mass is 35.7. The summed E-state index contributed by atoms with van der Waals surface area (Å²) in [5.74, 6) is -0.0206. The van der Waals surface area contributed by atoms with E-state index in [9.17, 15) is 8.42 Å². The minimum atomic E-state index is -3.80. The zero-order valence-corrected chi connectivity index (χ0v) is 16.3. The molecule has 1 atom stereocenters. The maximum absolute atomic E-state index is 11.8. The molecule has 24 heavy (non-hydrogen) atoms. The van der Waals surface area contributed by atoms with Gasteiger partial charge in [-0.3, -0.25) is 0 Å². The summed E-state index contributed by atoms with van der Waals surface area (Å²) in [5.41, 5.74) is 3.57. The fourth-order valence-electron chi connectivity index (χ4n) is 3.23. The Labute approximate surface area is 156 Å². The van der Waals surface area contributed by atoms with Gasteiger partial charge in [-0.1, -0.05) is 35.3 Å². The zero-order chi connectivity index (χ0) is 17.6. The Morgan fingerprint density at radius 1 is 1.17 bits per heavy atom. The number of halogens is 3. The SMILES string of the molecule is Cc1ccc(C2CN(C)Cc3c(Cl)cc(Cl)cc32)cc1S(=O)(=O)Cl. The molecule has 1 aliphatic heterocycles. The van der Waals surface area contributed by atoms with Crippen molar-refractivity contribution in [2.24, 2.45) is 0 Å². The Kier molecular flexibility index (Phi) is 4.89. The molecule has 0 fully saturated rings. The third-order valence-corrected chi connectivity index (χ3v) is 6.39. The number of hydrogen-bond acceptors (Lipinski definition) is 3. The van der Waals surface area contributed by atoms with E-state index in [-0.39, 0.29) is 10.8 Å². The molecule has 2 aromatic rings. The van der Waals surface area contributed by atoms with Crippen LogP contribution in [0, 0.1) is 6.92 Å². The van der Waals surface area contributed by atoms with Gasteiger partial charge < -0.3 is 4.90 Å². The fourth-order valence-corrected chi connectivity index (χ4v) is 5.02. The lowest BCUT2D eigenvalue weighted by atomic mass is 9.84. The highest BCUT2D eigenvalue weighted by Gasteiger charge is 2.28. The Morgan fingerprint density at radius 3 is 2.54 bits per heavy atom. The number of benzene rings is 2. The van der Waals surface area contributed by atoms with Crippen LogP contribution in [-0.4, -0.2) is 26.9 Å². The summed E-state index contributed by atoms with van der Waals surface area (Å²) in [6.45, 7) is 3.20. The summed E-state index contributed by atoms with van der Waals surface area (Å²) in [6, 6.07) is 9.02. The predicted molar refractivity (Wildman–Crippen MR) is 98.9 cm³/mol. The van der Waals surface area contributed by atoms with Gasteiger partial charge in [-0.15, -0.1) is 0 Å². The summed E-state index contributed by atoms with van der Waals surface area (Å²) in [4.78, 5) is 2.30. The third-order valence-electron chi connectivity index (χ3n) is 4.37. The first kappa shape index (κ1) is 18.0. The molecule has 128 valence electrons. The largest absolute Gasteiger partial charge is 0.301 e. The Bertz CT molecular complexity index is 912. The molecule has 0 saturated heterocycles. The van der Waals surface area contributed by atoms with E-state index in [2.05, 4.69) is 4.90 Å². The average Bonchev–Trinajstić information content (AvgIpc) is 2.47. The van der Waals surface area contributed by atoms with Gasteiger partial charge in [-0.2, -0.15) is 0 Å². The molecule has 1 heterocycles. The summed E-state index contributed by atoms with van der Waals surface area (Å²) in [5, 5.41) is 1.21. The van der Waals surface area contributed by atoms with Crippen LogP contribution in [-0.2, 0) is 15.6 Å². The average molecular weight is 405 g/mol. The van der Waals surface area contributed by atoms with Crippen LogP contribution in [0.3, 0.4) is 0 Å². The van der Waals surface area contributed by atoms with Gasteiger partial charge in [0, 0.05) is 39.7 Å². The minimum absolute atomic E-state index is 0.0206. The van der Waals surface area contributed by atoms with E-state index in [0.29, 0.717) is 15.6 Å². The summed E-state index contributed by atoms with van der Waals surface area (Å²) in [6.07, 6.45) is 0. The van der Waals surface area contributed by atoms with Gasteiger partial charge in [0.15, 0.2) is 0 Å². The molecular formula is C17H16Cl3NO2S. The Hall–Kier alpha value is -0.780. The molecule has 0 bridgehead atoms. The minimum Gasteiger partial charge on any atom is -0.301 e. The number of nitrogens with zero attached hydrogens (tertiary/aromatic N) is 1. The molecule has 0 aliphatic carbocycles. The molecule has 1 unspecified atom stereocenters. The standard InChI is InChI=1S/C17H16Cl3NO2S/c1-10-3-4-11(5-17(10)24(20,22)23)14-8-21(2)9-15-13(14)6-12(18)7-16(15)19/h3-7,14H,8-9H2,1-2H3. The van der Waals surface area contributed by atoms with E-state index >= 15 is 0 Å². The normalized spacial score (nSPS) is 18.5. The molecule has 7 heteroatoms. The van der Waals surface area contributed by atoms with Crippen LogP contribution in [0.1, 0.15) is 28.2 Å². The summed E-state index contributed by atoms with van der Waals surface area (Å²) >= 11 is 12.6. The van der Waals surface area contributed by atoms with Gasteiger partial charge in [-0.05, 0) is 54.4 Å². The number of rotatable bonds is 2. The molecule has 0 aromatic heterocycles. The number of likely N-dealkylation sites (N-methyl/N-ethyl adjacent to an activating group) is 1. The quantitative estimate of drug-likeness (QED) is 0.674. The second kappa shape index (κ2) is 6.50. The molecule has 0 radical (unpaired) electrons. The van der Waals surface area contributed by atoms with Crippen molar-refractivity contribution in [3.8, 4) is 0 Å². The number of aryl methyl sites for hydroxylation is 1. The smallest absolute Gasteiger partial charge is 0.261 e. The molecule has 0 saturated carbocycles. The van der Waals surface area contributed by atoms with Crippen molar-refractivity contribution in [3.05, 3.63) is 62.6 Å². The lowest BCUT2D eigenvalue weighted by Crippen LogP contribution is -2.31. The van der Waals surface area contributed by atoms with Crippen LogP contribution in [0.4, 0.5) is 0 Å². The first-order valence-electron chi connectivity index (χ1n) is 7.38. The molecule has 3 nitrogen and oxygen atoms in total. The third kappa shape index (κ3) is 3.44. The maximum Gasteiger partial charge on any atom is 0.261 e. The zero-order valence-electron chi connectivity index (χ0n) is 13.2. The van der Waals surface area contributed by atoms with Gasteiger partial charge in [0.1, 0.15) is 0 Å². The van der Waals surface area contributed by atoms with Crippen LogP contribution < -0.4 is 0 Å².